The SMILES string of the molecule is Cn1cc(-c2ccn(C)c(=O)c2Oc2ccccc2O)ccc1=O. The molecule has 6 heteroatoms. The van der Waals surface area contributed by atoms with E-state index in [9.17, 15) is 14.7 Å². The van der Waals surface area contributed by atoms with E-state index < -0.39 is 0 Å². The van der Waals surface area contributed by atoms with E-state index in [-0.39, 0.29) is 28.4 Å². The van der Waals surface area contributed by atoms with Crippen molar-refractivity contribution in [2.75, 3.05) is 0 Å². The number of hydrogen-bond acceptors (Lipinski definition) is 4. The molecule has 0 spiro atoms. The topological polar surface area (TPSA) is 73.5 Å². The van der Waals surface area contributed by atoms with Crippen LogP contribution < -0.4 is 15.9 Å². The number of ether oxygens (including phenoxy) is 1. The summed E-state index contributed by atoms with van der Waals surface area (Å²) in [5.41, 5.74) is 0.715. The predicted molar refractivity (Wildman–Crippen MR) is 90.5 cm³/mol. The molecule has 0 saturated heterocycles. The molecule has 0 amide bonds. The van der Waals surface area contributed by atoms with Crippen LogP contribution in [-0.4, -0.2) is 14.2 Å². The molecule has 0 aliphatic carbocycles. The summed E-state index contributed by atoms with van der Waals surface area (Å²) in [6, 6.07) is 11.2. The third kappa shape index (κ3) is 2.81. The molecule has 0 atom stereocenters. The zero-order chi connectivity index (χ0) is 17.3. The summed E-state index contributed by atoms with van der Waals surface area (Å²) in [4.78, 5) is 24.1. The summed E-state index contributed by atoms with van der Waals surface area (Å²) in [5.74, 6) is 0.210. The van der Waals surface area contributed by atoms with Crippen molar-refractivity contribution < 1.29 is 9.84 Å². The average Bonchev–Trinajstić information content (AvgIpc) is 2.56. The van der Waals surface area contributed by atoms with Gasteiger partial charge in [-0.2, -0.15) is 0 Å². The van der Waals surface area contributed by atoms with E-state index in [1.807, 2.05) is 0 Å². The summed E-state index contributed by atoms with van der Waals surface area (Å²) in [5, 5.41) is 9.89. The lowest BCUT2D eigenvalue weighted by Crippen LogP contribution is -2.19. The number of nitrogens with zero attached hydrogens (tertiary/aromatic N) is 2. The second-order valence-electron chi connectivity index (χ2n) is 5.41. The first-order chi connectivity index (χ1) is 11.5. The minimum Gasteiger partial charge on any atom is -0.504 e. The fourth-order valence-electron chi connectivity index (χ4n) is 2.34. The highest BCUT2D eigenvalue weighted by Gasteiger charge is 2.15. The van der Waals surface area contributed by atoms with Crippen LogP contribution in [0.15, 0.2) is 64.4 Å². The van der Waals surface area contributed by atoms with Crippen LogP contribution in [0.2, 0.25) is 0 Å². The molecule has 0 aliphatic heterocycles. The van der Waals surface area contributed by atoms with E-state index in [1.54, 1.807) is 56.8 Å². The lowest BCUT2D eigenvalue weighted by atomic mass is 10.1. The van der Waals surface area contributed by atoms with Crippen LogP contribution in [0.5, 0.6) is 17.2 Å². The van der Waals surface area contributed by atoms with Crippen LogP contribution in [0.1, 0.15) is 0 Å². The van der Waals surface area contributed by atoms with Crippen LogP contribution in [0.4, 0.5) is 0 Å². The molecule has 3 aromatic rings. The quantitative estimate of drug-likeness (QED) is 0.802. The number of phenolic OH excluding ortho intramolecular Hbond substituents is 1. The molecule has 1 N–H and O–H groups in total. The highest BCUT2D eigenvalue weighted by Crippen LogP contribution is 2.33. The first-order valence-electron chi connectivity index (χ1n) is 7.30. The summed E-state index contributed by atoms with van der Waals surface area (Å²) in [6.07, 6.45) is 3.26. The zero-order valence-corrected chi connectivity index (χ0v) is 13.3. The molecule has 1 aromatic carbocycles. The molecular weight excluding hydrogens is 308 g/mol. The van der Waals surface area contributed by atoms with Gasteiger partial charge in [-0.05, 0) is 24.3 Å². The van der Waals surface area contributed by atoms with Crippen LogP contribution >= 0.6 is 0 Å². The number of phenols is 1. The Bertz CT molecular complexity index is 1020. The molecule has 0 bridgehead atoms. The van der Waals surface area contributed by atoms with Gasteiger partial charge in [0.2, 0.25) is 11.3 Å². The largest absolute Gasteiger partial charge is 0.504 e. The molecule has 2 aromatic heterocycles. The van der Waals surface area contributed by atoms with Crippen LogP contribution in [-0.2, 0) is 14.1 Å². The highest BCUT2D eigenvalue weighted by molar-refractivity contribution is 5.69. The van der Waals surface area contributed by atoms with Crippen molar-refractivity contribution in [1.82, 2.24) is 9.13 Å². The van der Waals surface area contributed by atoms with E-state index in [2.05, 4.69) is 0 Å². The Morgan fingerprint density at radius 3 is 2.42 bits per heavy atom. The Balaban J connectivity index is 2.19. The van der Waals surface area contributed by atoms with Crippen molar-refractivity contribution in [1.29, 1.82) is 0 Å². The van der Waals surface area contributed by atoms with E-state index in [4.69, 9.17) is 4.74 Å². The number of pyridine rings is 2. The van der Waals surface area contributed by atoms with Gasteiger partial charge in [-0.3, -0.25) is 9.59 Å². The number of aromatic nitrogens is 2. The Labute approximate surface area is 137 Å². The normalized spacial score (nSPS) is 10.6. The summed E-state index contributed by atoms with van der Waals surface area (Å²) in [6.45, 7) is 0. The Morgan fingerprint density at radius 1 is 0.958 bits per heavy atom. The van der Waals surface area contributed by atoms with Crippen molar-refractivity contribution in [3.63, 3.8) is 0 Å². The smallest absolute Gasteiger partial charge is 0.293 e. The Hall–Kier alpha value is -3.28. The summed E-state index contributed by atoms with van der Waals surface area (Å²) >= 11 is 0. The van der Waals surface area contributed by atoms with Gasteiger partial charge in [0.25, 0.3) is 5.56 Å². The van der Waals surface area contributed by atoms with Gasteiger partial charge in [-0.25, -0.2) is 0 Å². The number of aromatic hydroxyl groups is 1. The monoisotopic (exact) mass is 324 g/mol. The summed E-state index contributed by atoms with van der Waals surface area (Å²) < 4.78 is 8.52. The second-order valence-corrected chi connectivity index (χ2v) is 5.41. The van der Waals surface area contributed by atoms with Gasteiger partial charge in [0.05, 0.1) is 0 Å². The number of aryl methyl sites for hydroxylation is 2. The lowest BCUT2D eigenvalue weighted by molar-refractivity contribution is 0.407. The van der Waals surface area contributed by atoms with E-state index in [1.165, 1.54) is 21.3 Å². The minimum atomic E-state index is -0.343. The van der Waals surface area contributed by atoms with Gasteiger partial charge >= 0.3 is 0 Å². The van der Waals surface area contributed by atoms with Gasteiger partial charge in [0.1, 0.15) is 0 Å². The molecule has 122 valence electrons. The first kappa shape index (κ1) is 15.6. The van der Waals surface area contributed by atoms with Gasteiger partial charge in [-0.15, -0.1) is 0 Å². The Kier molecular flexibility index (Phi) is 3.95. The predicted octanol–water partition coefficient (Wildman–Crippen LogP) is 2.25. The van der Waals surface area contributed by atoms with Crippen molar-refractivity contribution in [3.8, 4) is 28.4 Å². The van der Waals surface area contributed by atoms with Crippen molar-refractivity contribution in [2.45, 2.75) is 0 Å². The third-order valence-corrected chi connectivity index (χ3v) is 3.70. The molecule has 0 fully saturated rings. The van der Waals surface area contributed by atoms with Crippen LogP contribution in [0.25, 0.3) is 11.1 Å². The van der Waals surface area contributed by atoms with Crippen molar-refractivity contribution in [2.24, 2.45) is 14.1 Å². The maximum absolute atomic E-state index is 12.5. The lowest BCUT2D eigenvalue weighted by Gasteiger charge is -2.13. The zero-order valence-electron chi connectivity index (χ0n) is 13.3. The van der Waals surface area contributed by atoms with E-state index in [0.29, 0.717) is 11.1 Å². The van der Waals surface area contributed by atoms with Gasteiger partial charge in [0, 0.05) is 43.7 Å². The maximum atomic E-state index is 12.5. The van der Waals surface area contributed by atoms with E-state index in [0.717, 1.165) is 0 Å². The molecule has 0 radical (unpaired) electrons. The first-order valence-corrected chi connectivity index (χ1v) is 7.30. The molecule has 0 saturated carbocycles. The maximum Gasteiger partial charge on any atom is 0.293 e. The highest BCUT2D eigenvalue weighted by atomic mass is 16.5. The number of para-hydroxylation sites is 2. The molecule has 6 nitrogen and oxygen atoms in total. The van der Waals surface area contributed by atoms with Crippen molar-refractivity contribution in [3.05, 3.63) is 75.6 Å². The molecule has 24 heavy (non-hydrogen) atoms. The fraction of sp³-hybridized carbons (Fsp3) is 0.111. The molecule has 0 aliphatic rings. The van der Waals surface area contributed by atoms with E-state index >= 15 is 0 Å². The third-order valence-electron chi connectivity index (χ3n) is 3.70. The van der Waals surface area contributed by atoms with Crippen LogP contribution in [0, 0.1) is 0 Å². The van der Waals surface area contributed by atoms with Gasteiger partial charge in [-0.1, -0.05) is 12.1 Å². The summed E-state index contributed by atoms with van der Waals surface area (Å²) in [7, 11) is 3.25. The molecular formula is C18H16N2O4. The minimum absolute atomic E-state index is 0.0604. The van der Waals surface area contributed by atoms with Gasteiger partial charge in [0.15, 0.2) is 11.5 Å². The number of rotatable bonds is 3. The number of benzene rings is 1. The van der Waals surface area contributed by atoms with Crippen molar-refractivity contribution >= 4 is 0 Å². The van der Waals surface area contributed by atoms with Gasteiger partial charge < -0.3 is 19.0 Å². The molecule has 3 rings (SSSR count). The fourth-order valence-corrected chi connectivity index (χ4v) is 2.34. The molecule has 0 unspecified atom stereocenters. The molecule has 2 heterocycles. The van der Waals surface area contributed by atoms with Crippen LogP contribution in [0.3, 0.4) is 0 Å². The Morgan fingerprint density at radius 2 is 1.71 bits per heavy atom. The number of hydrogen-bond donors (Lipinski definition) is 1. The second kappa shape index (κ2) is 6.08. The standard InChI is InChI=1S/C18H16N2O4/c1-19-10-9-13(12-7-8-16(22)20(2)11-12)17(18(19)23)24-15-6-4-3-5-14(15)21/h3-11,21H,1-2H3. The average molecular weight is 324 g/mol.